The Morgan fingerprint density at radius 3 is 2.76 bits per heavy atom. The summed E-state index contributed by atoms with van der Waals surface area (Å²) in [7, 11) is 1.52. The number of anilines is 1. The molecule has 5 nitrogen and oxygen atoms in total. The summed E-state index contributed by atoms with van der Waals surface area (Å²) in [6.45, 7) is 2.22. The van der Waals surface area contributed by atoms with Gasteiger partial charge in [-0.25, -0.2) is 0 Å². The molecule has 0 spiro atoms. The zero-order chi connectivity index (χ0) is 18.6. The van der Waals surface area contributed by atoms with Crippen LogP contribution in [0.3, 0.4) is 0 Å². The Morgan fingerprint density at radius 1 is 1.44 bits per heavy atom. The first-order valence-electron chi connectivity index (χ1n) is 7.46. The number of methoxy groups -OCH3 is 1. The maximum Gasteiger partial charge on any atom is 0.416 e. The van der Waals surface area contributed by atoms with Crippen LogP contribution in [0.2, 0.25) is 0 Å². The van der Waals surface area contributed by atoms with E-state index in [2.05, 4.69) is 10.6 Å². The molecule has 1 unspecified atom stereocenters. The third kappa shape index (κ3) is 4.99. The van der Waals surface area contributed by atoms with Crippen LogP contribution in [0.15, 0.2) is 34.1 Å². The minimum atomic E-state index is -4.49. The summed E-state index contributed by atoms with van der Waals surface area (Å²) >= 11 is 0.950. The molecule has 2 amide bonds. The summed E-state index contributed by atoms with van der Waals surface area (Å²) in [5.74, 6) is -1.08. The third-order valence-electron chi connectivity index (χ3n) is 3.47. The number of ether oxygens (including phenoxy) is 1. The van der Waals surface area contributed by atoms with E-state index in [4.69, 9.17) is 4.74 Å². The fraction of sp³-hybridized carbons (Fsp3) is 0.375. The van der Waals surface area contributed by atoms with Crippen molar-refractivity contribution < 1.29 is 27.5 Å². The van der Waals surface area contributed by atoms with Crippen LogP contribution >= 0.6 is 11.8 Å². The maximum atomic E-state index is 12.7. The van der Waals surface area contributed by atoms with Gasteiger partial charge < -0.3 is 15.4 Å². The highest BCUT2D eigenvalue weighted by atomic mass is 32.2. The van der Waals surface area contributed by atoms with Crippen LogP contribution in [-0.4, -0.2) is 31.6 Å². The Labute approximate surface area is 147 Å². The molecule has 1 atom stereocenters. The Balaban J connectivity index is 2.16. The first-order chi connectivity index (χ1) is 11.7. The van der Waals surface area contributed by atoms with Gasteiger partial charge in [-0.1, -0.05) is 18.7 Å². The van der Waals surface area contributed by atoms with Crippen LogP contribution in [0.4, 0.5) is 18.9 Å². The minimum absolute atomic E-state index is 0.0770. The van der Waals surface area contributed by atoms with Crippen LogP contribution in [0.25, 0.3) is 0 Å². The van der Waals surface area contributed by atoms with Crippen molar-refractivity contribution in [3.05, 3.63) is 34.7 Å². The van der Waals surface area contributed by atoms with E-state index in [1.807, 2.05) is 6.92 Å². The van der Waals surface area contributed by atoms with E-state index in [9.17, 15) is 22.8 Å². The highest BCUT2D eigenvalue weighted by Crippen LogP contribution is 2.41. The minimum Gasteiger partial charge on any atom is -0.383 e. The standard InChI is InChI=1S/C16H17F3N2O3S/c1-3-10(8-24-2)20-14(22)7-13-15(23)21-11-6-9(16(17,18)19)4-5-12(11)25-13/h4-7,10H,3,8H2,1-2H3,(H,20,22)(H,21,23)/b13-7+. The van der Waals surface area contributed by atoms with E-state index in [1.165, 1.54) is 13.2 Å². The third-order valence-corrected chi connectivity index (χ3v) is 4.57. The summed E-state index contributed by atoms with van der Waals surface area (Å²) in [5.41, 5.74) is -0.768. The summed E-state index contributed by atoms with van der Waals surface area (Å²) < 4.78 is 43.2. The van der Waals surface area contributed by atoms with Crippen molar-refractivity contribution in [1.29, 1.82) is 0 Å². The molecule has 1 aromatic carbocycles. The second-order valence-corrected chi connectivity index (χ2v) is 6.43. The van der Waals surface area contributed by atoms with Gasteiger partial charge in [-0.3, -0.25) is 9.59 Å². The average Bonchev–Trinajstić information content (AvgIpc) is 2.53. The molecule has 136 valence electrons. The SMILES string of the molecule is CCC(COC)NC(=O)/C=C1/Sc2ccc(C(F)(F)F)cc2NC1=O. The number of halogens is 3. The summed E-state index contributed by atoms with van der Waals surface area (Å²) in [6, 6.07) is 2.90. The van der Waals surface area contributed by atoms with Gasteiger partial charge in [-0.2, -0.15) is 13.2 Å². The zero-order valence-electron chi connectivity index (χ0n) is 13.6. The Morgan fingerprint density at radius 2 is 2.16 bits per heavy atom. The van der Waals surface area contributed by atoms with Crippen molar-refractivity contribution in [2.24, 2.45) is 0 Å². The molecule has 0 fully saturated rings. The lowest BCUT2D eigenvalue weighted by Crippen LogP contribution is -2.37. The lowest BCUT2D eigenvalue weighted by Gasteiger charge is -2.20. The molecule has 0 aliphatic carbocycles. The fourth-order valence-corrected chi connectivity index (χ4v) is 3.06. The molecule has 1 aliphatic rings. The predicted molar refractivity (Wildman–Crippen MR) is 88.1 cm³/mol. The van der Waals surface area contributed by atoms with Crippen molar-refractivity contribution in [2.45, 2.75) is 30.5 Å². The molecule has 0 aromatic heterocycles. The zero-order valence-corrected chi connectivity index (χ0v) is 14.4. The van der Waals surface area contributed by atoms with Gasteiger partial charge in [0.2, 0.25) is 5.91 Å². The van der Waals surface area contributed by atoms with Crippen molar-refractivity contribution >= 4 is 29.3 Å². The lowest BCUT2D eigenvalue weighted by molar-refractivity contribution is -0.137. The Kier molecular flexibility index (Phi) is 6.12. The molecule has 9 heteroatoms. The van der Waals surface area contributed by atoms with Gasteiger partial charge in [-0.15, -0.1) is 0 Å². The number of fused-ring (bicyclic) bond motifs is 1. The molecule has 2 rings (SSSR count). The number of rotatable bonds is 5. The number of hydrogen-bond acceptors (Lipinski definition) is 4. The molecule has 2 N–H and O–H groups in total. The number of thioether (sulfide) groups is 1. The normalized spacial score (nSPS) is 17.0. The molecule has 0 saturated carbocycles. The average molecular weight is 374 g/mol. The van der Waals surface area contributed by atoms with E-state index in [-0.39, 0.29) is 16.6 Å². The topological polar surface area (TPSA) is 67.4 Å². The first-order valence-corrected chi connectivity index (χ1v) is 8.27. The van der Waals surface area contributed by atoms with Gasteiger partial charge in [0.15, 0.2) is 0 Å². The van der Waals surface area contributed by atoms with Gasteiger partial charge in [0.1, 0.15) is 0 Å². The van der Waals surface area contributed by atoms with Gasteiger partial charge in [0.25, 0.3) is 5.91 Å². The molecular weight excluding hydrogens is 357 g/mol. The van der Waals surface area contributed by atoms with Crippen LogP contribution in [0.5, 0.6) is 0 Å². The van der Waals surface area contributed by atoms with Crippen molar-refractivity contribution in [3.8, 4) is 0 Å². The molecule has 0 radical (unpaired) electrons. The number of alkyl halides is 3. The smallest absolute Gasteiger partial charge is 0.383 e. The van der Waals surface area contributed by atoms with E-state index < -0.39 is 23.6 Å². The fourth-order valence-electron chi connectivity index (χ4n) is 2.16. The number of carbonyl (C=O) groups is 2. The molecule has 1 aliphatic heterocycles. The van der Waals surface area contributed by atoms with E-state index >= 15 is 0 Å². The molecule has 25 heavy (non-hydrogen) atoms. The number of hydrogen-bond donors (Lipinski definition) is 2. The van der Waals surface area contributed by atoms with Gasteiger partial charge in [0.05, 0.1) is 28.8 Å². The van der Waals surface area contributed by atoms with E-state index in [0.717, 1.165) is 30.0 Å². The van der Waals surface area contributed by atoms with Crippen molar-refractivity contribution in [1.82, 2.24) is 5.32 Å². The van der Waals surface area contributed by atoms with Crippen molar-refractivity contribution in [2.75, 3.05) is 19.0 Å². The highest BCUT2D eigenvalue weighted by molar-refractivity contribution is 8.04. The first kappa shape index (κ1) is 19.3. The van der Waals surface area contributed by atoms with Crippen LogP contribution in [0, 0.1) is 0 Å². The predicted octanol–water partition coefficient (Wildman–Crippen LogP) is 3.17. The summed E-state index contributed by atoms with van der Waals surface area (Å²) in [5, 5.41) is 5.09. The second kappa shape index (κ2) is 7.92. The number of amides is 2. The van der Waals surface area contributed by atoms with E-state index in [1.54, 1.807) is 0 Å². The molecule has 0 saturated heterocycles. The largest absolute Gasteiger partial charge is 0.416 e. The quantitative estimate of drug-likeness (QED) is 0.777. The monoisotopic (exact) mass is 374 g/mol. The highest BCUT2D eigenvalue weighted by Gasteiger charge is 2.32. The molecule has 1 aromatic rings. The summed E-state index contributed by atoms with van der Waals surface area (Å²) in [6.07, 6.45) is -2.69. The molecule has 1 heterocycles. The van der Waals surface area contributed by atoms with Crippen LogP contribution in [-0.2, 0) is 20.5 Å². The lowest BCUT2D eigenvalue weighted by atomic mass is 10.2. The Hall–Kier alpha value is -2.00. The van der Waals surface area contributed by atoms with Crippen molar-refractivity contribution in [3.63, 3.8) is 0 Å². The van der Waals surface area contributed by atoms with Crippen LogP contribution < -0.4 is 10.6 Å². The number of carbonyl (C=O) groups excluding carboxylic acids is 2. The maximum absolute atomic E-state index is 12.7. The molecule has 0 bridgehead atoms. The second-order valence-electron chi connectivity index (χ2n) is 5.34. The number of benzene rings is 1. The molecular formula is C16H17F3N2O3S. The summed E-state index contributed by atoms with van der Waals surface area (Å²) in [4.78, 5) is 24.6. The number of nitrogens with one attached hydrogen (secondary N) is 2. The van der Waals surface area contributed by atoms with E-state index in [0.29, 0.717) is 17.9 Å². The van der Waals surface area contributed by atoms with Gasteiger partial charge in [0, 0.05) is 18.1 Å². The van der Waals surface area contributed by atoms with Crippen LogP contribution in [0.1, 0.15) is 18.9 Å². The van der Waals surface area contributed by atoms with Gasteiger partial charge >= 0.3 is 6.18 Å². The Bertz CT molecular complexity index is 704. The van der Waals surface area contributed by atoms with Gasteiger partial charge in [-0.05, 0) is 24.6 Å².